The Kier molecular flexibility index (Phi) is 4.37. The first-order valence-electron chi connectivity index (χ1n) is 6.64. The average Bonchev–Trinajstić information content (AvgIpc) is 2.58. The third-order valence-electron chi connectivity index (χ3n) is 3.37. The number of nitrogens with two attached hydrogens (primary N) is 1. The molecule has 3 heteroatoms. The molecule has 0 aliphatic heterocycles. The van der Waals surface area contributed by atoms with Crippen molar-refractivity contribution >= 4 is 0 Å². The van der Waals surface area contributed by atoms with Crippen LogP contribution in [0.1, 0.15) is 57.1 Å². The number of aromatic nitrogens is 1. The fraction of sp³-hybridized carbons (Fsp3) is 0.643. The Morgan fingerprint density at radius 3 is 2.65 bits per heavy atom. The highest BCUT2D eigenvalue weighted by atomic mass is 16.5. The maximum atomic E-state index is 6.04. The van der Waals surface area contributed by atoms with E-state index in [-0.39, 0.29) is 6.04 Å². The molecular formula is C14H22N2O. The third kappa shape index (κ3) is 3.43. The Morgan fingerprint density at radius 1 is 1.29 bits per heavy atom. The molecule has 2 N–H and O–H groups in total. The fourth-order valence-electron chi connectivity index (χ4n) is 2.37. The van der Waals surface area contributed by atoms with Crippen molar-refractivity contribution in [1.29, 1.82) is 0 Å². The van der Waals surface area contributed by atoms with Crippen molar-refractivity contribution in [3.05, 3.63) is 23.9 Å². The van der Waals surface area contributed by atoms with Gasteiger partial charge in [-0.1, -0.05) is 18.9 Å². The Labute approximate surface area is 103 Å². The second-order valence-corrected chi connectivity index (χ2v) is 4.92. The minimum atomic E-state index is -0.0236. The van der Waals surface area contributed by atoms with E-state index in [2.05, 4.69) is 4.98 Å². The molecule has 0 unspecified atom stereocenters. The summed E-state index contributed by atoms with van der Waals surface area (Å²) in [7, 11) is 0. The largest absolute Gasteiger partial charge is 0.474 e. The number of pyridine rings is 1. The fourth-order valence-corrected chi connectivity index (χ4v) is 2.37. The normalized spacial score (nSPS) is 19.6. The summed E-state index contributed by atoms with van der Waals surface area (Å²) in [5.41, 5.74) is 6.94. The first-order valence-corrected chi connectivity index (χ1v) is 6.64. The van der Waals surface area contributed by atoms with E-state index in [0.29, 0.717) is 6.10 Å². The van der Waals surface area contributed by atoms with E-state index >= 15 is 0 Å². The topological polar surface area (TPSA) is 48.1 Å². The maximum Gasteiger partial charge on any atom is 0.218 e. The van der Waals surface area contributed by atoms with Gasteiger partial charge in [0.2, 0.25) is 5.88 Å². The summed E-state index contributed by atoms with van der Waals surface area (Å²) in [5.74, 6) is 0.731. The van der Waals surface area contributed by atoms with Crippen LogP contribution in [-0.4, -0.2) is 11.1 Å². The van der Waals surface area contributed by atoms with Crippen molar-refractivity contribution in [2.24, 2.45) is 5.73 Å². The number of ether oxygens (including phenoxy) is 1. The van der Waals surface area contributed by atoms with Crippen LogP contribution in [-0.2, 0) is 0 Å². The van der Waals surface area contributed by atoms with E-state index in [1.165, 1.54) is 25.7 Å². The van der Waals surface area contributed by atoms with Crippen LogP contribution in [0.2, 0.25) is 0 Å². The predicted molar refractivity (Wildman–Crippen MR) is 69.0 cm³/mol. The third-order valence-corrected chi connectivity index (χ3v) is 3.37. The smallest absolute Gasteiger partial charge is 0.218 e. The molecule has 2 rings (SSSR count). The summed E-state index contributed by atoms with van der Waals surface area (Å²) in [6, 6.07) is 3.90. The molecule has 0 saturated heterocycles. The predicted octanol–water partition coefficient (Wildman–Crippen LogP) is 3.20. The number of nitrogens with zero attached hydrogens (tertiary/aromatic N) is 1. The van der Waals surface area contributed by atoms with E-state index in [0.717, 1.165) is 24.3 Å². The zero-order chi connectivity index (χ0) is 12.1. The van der Waals surface area contributed by atoms with Crippen LogP contribution in [0.25, 0.3) is 0 Å². The minimum Gasteiger partial charge on any atom is -0.474 e. The lowest BCUT2D eigenvalue weighted by atomic mass is 10.1. The summed E-state index contributed by atoms with van der Waals surface area (Å²) in [6.45, 7) is 1.97. The van der Waals surface area contributed by atoms with Gasteiger partial charge in [0.15, 0.2) is 0 Å². The Bertz CT molecular complexity index is 344. The van der Waals surface area contributed by atoms with Crippen LogP contribution in [0.5, 0.6) is 5.88 Å². The highest BCUT2D eigenvalue weighted by Crippen LogP contribution is 2.26. The lowest BCUT2D eigenvalue weighted by Gasteiger charge is -2.19. The molecule has 1 aromatic rings. The van der Waals surface area contributed by atoms with Crippen molar-refractivity contribution in [3.63, 3.8) is 0 Å². The van der Waals surface area contributed by atoms with Crippen molar-refractivity contribution in [2.75, 3.05) is 0 Å². The van der Waals surface area contributed by atoms with Gasteiger partial charge in [-0.25, -0.2) is 4.98 Å². The first kappa shape index (κ1) is 12.4. The zero-order valence-corrected chi connectivity index (χ0v) is 10.6. The molecule has 1 saturated carbocycles. The van der Waals surface area contributed by atoms with Crippen LogP contribution in [0.15, 0.2) is 18.3 Å². The van der Waals surface area contributed by atoms with E-state index in [1.807, 2.05) is 19.1 Å². The van der Waals surface area contributed by atoms with Gasteiger partial charge in [-0.3, -0.25) is 0 Å². The summed E-state index contributed by atoms with van der Waals surface area (Å²) in [4.78, 5) is 4.32. The van der Waals surface area contributed by atoms with Crippen LogP contribution in [0.4, 0.5) is 0 Å². The maximum absolute atomic E-state index is 6.04. The minimum absolute atomic E-state index is 0.0236. The average molecular weight is 234 g/mol. The Morgan fingerprint density at radius 2 is 2.00 bits per heavy atom. The van der Waals surface area contributed by atoms with Crippen LogP contribution < -0.4 is 10.5 Å². The molecular weight excluding hydrogens is 212 g/mol. The molecule has 1 aliphatic rings. The summed E-state index contributed by atoms with van der Waals surface area (Å²) < 4.78 is 6.04. The van der Waals surface area contributed by atoms with Gasteiger partial charge in [0.25, 0.3) is 0 Å². The SMILES string of the molecule is C[C@@H](N)c1cccnc1OC1CCCCCC1. The molecule has 1 atom stereocenters. The van der Waals surface area contributed by atoms with Crippen molar-refractivity contribution < 1.29 is 4.74 Å². The summed E-state index contributed by atoms with van der Waals surface area (Å²) in [6.07, 6.45) is 9.60. The van der Waals surface area contributed by atoms with Crippen LogP contribution in [0, 0.1) is 0 Å². The van der Waals surface area contributed by atoms with Gasteiger partial charge in [0.05, 0.1) is 0 Å². The molecule has 1 aromatic heterocycles. The molecule has 0 radical (unpaired) electrons. The highest BCUT2D eigenvalue weighted by molar-refractivity contribution is 5.28. The molecule has 1 aliphatic carbocycles. The number of hydrogen-bond acceptors (Lipinski definition) is 3. The van der Waals surface area contributed by atoms with Crippen LogP contribution in [0.3, 0.4) is 0 Å². The molecule has 94 valence electrons. The second kappa shape index (κ2) is 6.01. The highest BCUT2D eigenvalue weighted by Gasteiger charge is 2.17. The van der Waals surface area contributed by atoms with Crippen molar-refractivity contribution in [1.82, 2.24) is 4.98 Å². The van der Waals surface area contributed by atoms with E-state index in [1.54, 1.807) is 6.20 Å². The molecule has 0 bridgehead atoms. The Balaban J connectivity index is 2.06. The van der Waals surface area contributed by atoms with Gasteiger partial charge in [-0.2, -0.15) is 0 Å². The molecule has 17 heavy (non-hydrogen) atoms. The second-order valence-electron chi connectivity index (χ2n) is 4.92. The molecule has 1 fully saturated rings. The quantitative estimate of drug-likeness (QED) is 0.817. The number of hydrogen-bond donors (Lipinski definition) is 1. The van der Waals surface area contributed by atoms with Crippen LogP contribution >= 0.6 is 0 Å². The van der Waals surface area contributed by atoms with E-state index in [4.69, 9.17) is 10.5 Å². The molecule has 1 heterocycles. The summed E-state index contributed by atoms with van der Waals surface area (Å²) in [5, 5.41) is 0. The van der Waals surface area contributed by atoms with Gasteiger partial charge in [-0.15, -0.1) is 0 Å². The van der Waals surface area contributed by atoms with Gasteiger partial charge in [-0.05, 0) is 38.7 Å². The van der Waals surface area contributed by atoms with Gasteiger partial charge < -0.3 is 10.5 Å². The molecule has 0 amide bonds. The lowest BCUT2D eigenvalue weighted by Crippen LogP contribution is -2.18. The van der Waals surface area contributed by atoms with E-state index < -0.39 is 0 Å². The van der Waals surface area contributed by atoms with E-state index in [9.17, 15) is 0 Å². The monoisotopic (exact) mass is 234 g/mol. The van der Waals surface area contributed by atoms with Gasteiger partial charge in [0, 0.05) is 17.8 Å². The molecule has 3 nitrogen and oxygen atoms in total. The first-order chi connectivity index (χ1) is 8.27. The summed E-state index contributed by atoms with van der Waals surface area (Å²) >= 11 is 0. The Hall–Kier alpha value is -1.09. The zero-order valence-electron chi connectivity index (χ0n) is 10.6. The standard InChI is InChI=1S/C14H22N2O/c1-11(15)13-9-6-10-16-14(13)17-12-7-4-2-3-5-8-12/h6,9-12H,2-5,7-8,15H2,1H3/t11-/m1/s1. The van der Waals surface area contributed by atoms with Gasteiger partial charge >= 0.3 is 0 Å². The van der Waals surface area contributed by atoms with Crippen molar-refractivity contribution in [2.45, 2.75) is 57.6 Å². The van der Waals surface area contributed by atoms with Gasteiger partial charge in [0.1, 0.15) is 6.10 Å². The molecule has 0 aromatic carbocycles. The van der Waals surface area contributed by atoms with Crippen molar-refractivity contribution in [3.8, 4) is 5.88 Å². The number of rotatable bonds is 3. The lowest BCUT2D eigenvalue weighted by molar-refractivity contribution is 0.173. The molecule has 0 spiro atoms.